The summed E-state index contributed by atoms with van der Waals surface area (Å²) >= 11 is 1.74. The fourth-order valence-corrected chi connectivity index (χ4v) is 3.06. The quantitative estimate of drug-likeness (QED) is 0.772. The second-order valence-electron chi connectivity index (χ2n) is 4.69. The summed E-state index contributed by atoms with van der Waals surface area (Å²) in [7, 11) is 0. The number of nitrogens with two attached hydrogens (primary N) is 1. The normalized spacial score (nSPS) is 12.8. The van der Waals surface area contributed by atoms with Gasteiger partial charge in [-0.05, 0) is 26.0 Å². The first-order chi connectivity index (χ1) is 9.15. The lowest BCUT2D eigenvalue weighted by molar-refractivity contribution is 0.735. The van der Waals surface area contributed by atoms with E-state index in [2.05, 4.69) is 39.6 Å². The Morgan fingerprint density at radius 1 is 1.21 bits per heavy atom. The third-order valence-corrected chi connectivity index (χ3v) is 4.00. The lowest BCUT2D eigenvalue weighted by Crippen LogP contribution is -2.11. The molecule has 19 heavy (non-hydrogen) atoms. The van der Waals surface area contributed by atoms with Crippen LogP contribution in [0.25, 0.3) is 21.3 Å². The Balaban J connectivity index is 2.21. The van der Waals surface area contributed by atoms with E-state index >= 15 is 0 Å². The molecule has 0 saturated carbocycles. The smallest absolute Gasteiger partial charge is 0.145 e. The molecule has 0 radical (unpaired) electrons. The van der Waals surface area contributed by atoms with Crippen LogP contribution in [-0.2, 0) is 0 Å². The van der Waals surface area contributed by atoms with E-state index < -0.39 is 0 Å². The van der Waals surface area contributed by atoms with Crippen LogP contribution in [0.2, 0.25) is 0 Å². The van der Waals surface area contributed by atoms with Crippen LogP contribution in [0.1, 0.15) is 24.5 Å². The maximum atomic E-state index is 5.90. The largest absolute Gasteiger partial charge is 0.322 e. The van der Waals surface area contributed by atoms with Crippen molar-refractivity contribution in [1.82, 2.24) is 9.97 Å². The van der Waals surface area contributed by atoms with Gasteiger partial charge in [-0.3, -0.25) is 0 Å². The maximum absolute atomic E-state index is 5.90. The van der Waals surface area contributed by atoms with Crippen molar-refractivity contribution in [3.05, 3.63) is 47.2 Å². The number of thiophene rings is 1. The summed E-state index contributed by atoms with van der Waals surface area (Å²) < 4.78 is 1.27. The monoisotopic (exact) mass is 269 g/mol. The maximum Gasteiger partial charge on any atom is 0.145 e. The van der Waals surface area contributed by atoms with Gasteiger partial charge in [-0.1, -0.05) is 18.2 Å². The molecule has 0 aliphatic heterocycles. The summed E-state index contributed by atoms with van der Waals surface area (Å²) in [6, 6.07) is 10.2. The van der Waals surface area contributed by atoms with Crippen molar-refractivity contribution >= 4 is 21.4 Å². The molecule has 2 N–H and O–H groups in total. The highest BCUT2D eigenvalue weighted by Gasteiger charge is 2.11. The van der Waals surface area contributed by atoms with Crippen LogP contribution in [0.5, 0.6) is 0 Å². The minimum Gasteiger partial charge on any atom is -0.322 e. The molecule has 1 aromatic carbocycles. The summed E-state index contributed by atoms with van der Waals surface area (Å²) in [6.07, 6.45) is 0. The number of fused-ring (bicyclic) bond motifs is 1. The molecule has 0 aliphatic carbocycles. The molecule has 4 heteroatoms. The summed E-state index contributed by atoms with van der Waals surface area (Å²) in [4.78, 5) is 8.99. The number of aryl methyl sites for hydroxylation is 1. The lowest BCUT2D eigenvalue weighted by atomic mass is 10.1. The fourth-order valence-electron chi connectivity index (χ4n) is 2.11. The van der Waals surface area contributed by atoms with Gasteiger partial charge in [0.2, 0.25) is 0 Å². The highest BCUT2D eigenvalue weighted by molar-refractivity contribution is 7.17. The molecule has 0 amide bonds. The standard InChI is InChI=1S/C15H15N3S/c1-9-7-13(18-15(17-9)10(2)16)12-8-19-14-6-4-3-5-11(12)14/h3-8,10H,16H2,1-2H3. The van der Waals surface area contributed by atoms with Crippen molar-refractivity contribution in [2.45, 2.75) is 19.9 Å². The van der Waals surface area contributed by atoms with E-state index in [1.54, 1.807) is 11.3 Å². The lowest BCUT2D eigenvalue weighted by Gasteiger charge is -2.08. The van der Waals surface area contributed by atoms with E-state index in [1.165, 1.54) is 10.1 Å². The SMILES string of the molecule is Cc1cc(-c2csc3ccccc23)nc(C(C)N)n1. The highest BCUT2D eigenvalue weighted by Crippen LogP contribution is 2.33. The zero-order valence-corrected chi connectivity index (χ0v) is 11.7. The van der Waals surface area contributed by atoms with Crippen molar-refractivity contribution in [2.24, 2.45) is 5.73 Å². The van der Waals surface area contributed by atoms with Crippen LogP contribution in [0.15, 0.2) is 35.7 Å². The van der Waals surface area contributed by atoms with Crippen LogP contribution >= 0.6 is 11.3 Å². The molecule has 3 aromatic rings. The zero-order valence-electron chi connectivity index (χ0n) is 10.9. The molecule has 0 aliphatic rings. The molecule has 3 rings (SSSR count). The molecule has 0 saturated heterocycles. The third-order valence-electron chi connectivity index (χ3n) is 3.04. The van der Waals surface area contributed by atoms with Crippen molar-refractivity contribution in [2.75, 3.05) is 0 Å². The average molecular weight is 269 g/mol. The number of nitrogens with zero attached hydrogens (tertiary/aromatic N) is 2. The van der Waals surface area contributed by atoms with Crippen molar-refractivity contribution < 1.29 is 0 Å². The summed E-state index contributed by atoms with van der Waals surface area (Å²) in [5.41, 5.74) is 8.96. The molecular weight excluding hydrogens is 254 g/mol. The van der Waals surface area contributed by atoms with Crippen LogP contribution in [0.4, 0.5) is 0 Å². The van der Waals surface area contributed by atoms with Gasteiger partial charge in [0.15, 0.2) is 0 Å². The van der Waals surface area contributed by atoms with Crippen LogP contribution in [0.3, 0.4) is 0 Å². The van der Waals surface area contributed by atoms with Crippen LogP contribution in [0, 0.1) is 6.92 Å². The third kappa shape index (κ3) is 2.25. The molecule has 3 nitrogen and oxygen atoms in total. The van der Waals surface area contributed by atoms with Crippen LogP contribution in [-0.4, -0.2) is 9.97 Å². The van der Waals surface area contributed by atoms with Gasteiger partial charge in [0.1, 0.15) is 5.82 Å². The Morgan fingerprint density at radius 2 is 2.00 bits per heavy atom. The Kier molecular flexibility index (Phi) is 3.05. The minimum absolute atomic E-state index is 0.149. The predicted octanol–water partition coefficient (Wildman–Crippen LogP) is 3.69. The molecule has 1 atom stereocenters. The van der Waals surface area contributed by atoms with Gasteiger partial charge in [-0.25, -0.2) is 9.97 Å². The molecule has 0 bridgehead atoms. The molecule has 1 unspecified atom stereocenters. The molecule has 0 spiro atoms. The molecule has 2 aromatic heterocycles. The second kappa shape index (κ2) is 4.72. The Labute approximate surface area is 116 Å². The average Bonchev–Trinajstić information content (AvgIpc) is 2.81. The molecule has 96 valence electrons. The Bertz CT molecular complexity index is 731. The van der Waals surface area contributed by atoms with Crippen molar-refractivity contribution in [3.63, 3.8) is 0 Å². The second-order valence-corrected chi connectivity index (χ2v) is 5.60. The first-order valence-corrected chi connectivity index (χ1v) is 7.11. The zero-order chi connectivity index (χ0) is 13.4. The van der Waals surface area contributed by atoms with Gasteiger partial charge in [-0.15, -0.1) is 11.3 Å². The van der Waals surface area contributed by atoms with Gasteiger partial charge in [0, 0.05) is 26.7 Å². The van der Waals surface area contributed by atoms with E-state index in [0.29, 0.717) is 5.82 Å². The van der Waals surface area contributed by atoms with Gasteiger partial charge < -0.3 is 5.73 Å². The van der Waals surface area contributed by atoms with E-state index in [0.717, 1.165) is 17.0 Å². The molecular formula is C15H15N3S. The Morgan fingerprint density at radius 3 is 2.79 bits per heavy atom. The fraction of sp³-hybridized carbons (Fsp3) is 0.200. The minimum atomic E-state index is -0.149. The number of hydrogen-bond donors (Lipinski definition) is 1. The van der Waals surface area contributed by atoms with Crippen LogP contribution < -0.4 is 5.73 Å². The van der Waals surface area contributed by atoms with E-state index in [1.807, 2.05) is 19.9 Å². The van der Waals surface area contributed by atoms with Gasteiger partial charge in [0.25, 0.3) is 0 Å². The summed E-state index contributed by atoms with van der Waals surface area (Å²) in [5, 5.41) is 3.39. The van der Waals surface area contributed by atoms with Gasteiger partial charge in [-0.2, -0.15) is 0 Å². The topological polar surface area (TPSA) is 51.8 Å². The Hall–Kier alpha value is -1.78. The van der Waals surface area contributed by atoms with Crippen molar-refractivity contribution in [1.29, 1.82) is 0 Å². The first-order valence-electron chi connectivity index (χ1n) is 6.23. The predicted molar refractivity (Wildman–Crippen MR) is 80.2 cm³/mol. The summed E-state index contributed by atoms with van der Waals surface area (Å²) in [6.45, 7) is 3.88. The molecule has 0 fully saturated rings. The van der Waals surface area contributed by atoms with Crippen molar-refractivity contribution in [3.8, 4) is 11.3 Å². The van der Waals surface area contributed by atoms with E-state index in [-0.39, 0.29) is 6.04 Å². The van der Waals surface area contributed by atoms with Gasteiger partial charge in [0.05, 0.1) is 11.7 Å². The molecule has 2 heterocycles. The summed E-state index contributed by atoms with van der Waals surface area (Å²) in [5.74, 6) is 0.699. The number of aromatic nitrogens is 2. The van der Waals surface area contributed by atoms with Gasteiger partial charge >= 0.3 is 0 Å². The number of hydrogen-bond acceptors (Lipinski definition) is 4. The highest BCUT2D eigenvalue weighted by atomic mass is 32.1. The van der Waals surface area contributed by atoms with E-state index in [9.17, 15) is 0 Å². The first kappa shape index (κ1) is 12.3. The number of benzene rings is 1. The number of rotatable bonds is 2. The van der Waals surface area contributed by atoms with E-state index in [4.69, 9.17) is 5.73 Å².